The molecule has 138 valence electrons. The van der Waals surface area contributed by atoms with Crippen molar-refractivity contribution >= 4 is 11.8 Å². The molecule has 0 unspecified atom stereocenters. The number of rotatable bonds is 5. The van der Waals surface area contributed by atoms with E-state index < -0.39 is 0 Å². The molecule has 2 heterocycles. The van der Waals surface area contributed by atoms with Gasteiger partial charge in [0.05, 0.1) is 12.0 Å². The first kappa shape index (κ1) is 18.0. The zero-order valence-corrected chi connectivity index (χ0v) is 14.7. The van der Waals surface area contributed by atoms with Gasteiger partial charge in [0.25, 0.3) is 5.91 Å². The molecule has 2 atom stereocenters. The summed E-state index contributed by atoms with van der Waals surface area (Å²) in [4.78, 5) is 25.6. The molecule has 1 aromatic heterocycles. The van der Waals surface area contributed by atoms with Gasteiger partial charge in [0.2, 0.25) is 5.91 Å². The fourth-order valence-electron chi connectivity index (χ4n) is 3.12. The van der Waals surface area contributed by atoms with E-state index in [1.807, 2.05) is 19.1 Å². The number of hydrogen-bond donors (Lipinski definition) is 1. The first-order valence-corrected chi connectivity index (χ1v) is 8.42. The van der Waals surface area contributed by atoms with Crippen LogP contribution in [0.2, 0.25) is 0 Å². The van der Waals surface area contributed by atoms with E-state index in [2.05, 4.69) is 5.32 Å². The highest BCUT2D eigenvalue weighted by atomic mass is 19.1. The third-order valence-corrected chi connectivity index (χ3v) is 4.36. The molecule has 1 fully saturated rings. The van der Waals surface area contributed by atoms with Crippen molar-refractivity contribution in [1.82, 2.24) is 10.2 Å². The molecule has 1 aliphatic heterocycles. The summed E-state index contributed by atoms with van der Waals surface area (Å²) in [6.07, 6.45) is 0. The van der Waals surface area contributed by atoms with Gasteiger partial charge >= 0.3 is 0 Å². The van der Waals surface area contributed by atoms with Crippen LogP contribution in [0.4, 0.5) is 4.39 Å². The van der Waals surface area contributed by atoms with Crippen LogP contribution in [0.5, 0.6) is 5.75 Å². The highest BCUT2D eigenvalue weighted by Crippen LogP contribution is 2.29. The number of halogens is 1. The minimum Gasteiger partial charge on any atom is -0.484 e. The van der Waals surface area contributed by atoms with Crippen molar-refractivity contribution in [2.24, 2.45) is 0 Å². The van der Waals surface area contributed by atoms with Gasteiger partial charge in [0.1, 0.15) is 23.1 Å². The van der Waals surface area contributed by atoms with Gasteiger partial charge in [0, 0.05) is 20.0 Å². The fraction of sp³-hybridized carbons (Fsp3) is 0.368. The number of carbonyl (C=O) groups excluding carboxylic acids is 2. The van der Waals surface area contributed by atoms with Gasteiger partial charge in [-0.1, -0.05) is 0 Å². The Labute approximate surface area is 150 Å². The third kappa shape index (κ3) is 4.22. The number of aryl methyl sites for hydroxylation is 1. The van der Waals surface area contributed by atoms with E-state index in [-0.39, 0.29) is 36.2 Å². The second kappa shape index (κ2) is 7.59. The quantitative estimate of drug-likeness (QED) is 0.888. The average molecular weight is 360 g/mol. The summed E-state index contributed by atoms with van der Waals surface area (Å²) < 4.78 is 24.0. The van der Waals surface area contributed by atoms with Crippen molar-refractivity contribution in [2.45, 2.75) is 25.8 Å². The fourth-order valence-corrected chi connectivity index (χ4v) is 3.12. The number of amides is 2. The average Bonchev–Trinajstić information content (AvgIpc) is 3.20. The van der Waals surface area contributed by atoms with E-state index >= 15 is 0 Å². The van der Waals surface area contributed by atoms with Gasteiger partial charge < -0.3 is 19.4 Å². The van der Waals surface area contributed by atoms with E-state index in [4.69, 9.17) is 9.15 Å². The van der Waals surface area contributed by atoms with Crippen LogP contribution in [0.1, 0.15) is 24.4 Å². The molecule has 1 aliphatic rings. The van der Waals surface area contributed by atoms with Crippen molar-refractivity contribution < 1.29 is 23.1 Å². The molecule has 3 rings (SSSR count). The van der Waals surface area contributed by atoms with Crippen molar-refractivity contribution in [3.05, 3.63) is 53.7 Å². The standard InChI is InChI=1S/C19H21FN2O4/c1-12-3-8-18(26-12)16-9-22(10-17(16)21-13(2)23)19(24)11-25-15-6-4-14(20)5-7-15/h3-8,16-17H,9-11H2,1-2H3,(H,21,23)/t16-,17-/m1/s1. The molecule has 1 saturated heterocycles. The van der Waals surface area contributed by atoms with Gasteiger partial charge in [-0.15, -0.1) is 0 Å². The SMILES string of the molecule is CC(=O)N[C@@H]1CN(C(=O)COc2ccc(F)cc2)C[C@H]1c1ccc(C)o1. The molecule has 7 heteroatoms. The normalized spacial score (nSPS) is 19.4. The maximum absolute atomic E-state index is 12.9. The van der Waals surface area contributed by atoms with Crippen molar-refractivity contribution in [2.75, 3.05) is 19.7 Å². The number of furan rings is 1. The highest BCUT2D eigenvalue weighted by Gasteiger charge is 2.38. The van der Waals surface area contributed by atoms with Crippen molar-refractivity contribution in [3.8, 4) is 5.75 Å². The Balaban J connectivity index is 1.64. The molecule has 1 aromatic carbocycles. The maximum atomic E-state index is 12.9. The highest BCUT2D eigenvalue weighted by molar-refractivity contribution is 5.79. The monoisotopic (exact) mass is 360 g/mol. The number of hydrogen-bond acceptors (Lipinski definition) is 4. The Hall–Kier alpha value is -2.83. The maximum Gasteiger partial charge on any atom is 0.260 e. The Morgan fingerprint density at radius 2 is 1.96 bits per heavy atom. The van der Waals surface area contributed by atoms with Crippen molar-refractivity contribution in [1.29, 1.82) is 0 Å². The van der Waals surface area contributed by atoms with Crippen LogP contribution in [0.3, 0.4) is 0 Å². The molecule has 1 N–H and O–H groups in total. The molecule has 0 saturated carbocycles. The minimum absolute atomic E-state index is 0.109. The molecule has 0 radical (unpaired) electrons. The molecule has 26 heavy (non-hydrogen) atoms. The number of nitrogens with zero attached hydrogens (tertiary/aromatic N) is 1. The van der Waals surface area contributed by atoms with Gasteiger partial charge in [0.15, 0.2) is 6.61 Å². The van der Waals surface area contributed by atoms with Gasteiger partial charge in [-0.05, 0) is 43.3 Å². The second-order valence-corrected chi connectivity index (χ2v) is 6.40. The number of carbonyl (C=O) groups is 2. The molecule has 6 nitrogen and oxygen atoms in total. The summed E-state index contributed by atoms with van der Waals surface area (Å²) in [5.41, 5.74) is 0. The van der Waals surface area contributed by atoms with Crippen LogP contribution >= 0.6 is 0 Å². The Bertz CT molecular complexity index is 787. The molecule has 0 bridgehead atoms. The van der Waals surface area contributed by atoms with Crippen LogP contribution in [0, 0.1) is 12.7 Å². The lowest BCUT2D eigenvalue weighted by atomic mass is 10.0. The number of ether oxygens (including phenoxy) is 1. The Kier molecular flexibility index (Phi) is 5.25. The smallest absolute Gasteiger partial charge is 0.260 e. The van der Waals surface area contributed by atoms with Crippen LogP contribution in [0.25, 0.3) is 0 Å². The van der Waals surface area contributed by atoms with Crippen LogP contribution in [0.15, 0.2) is 40.8 Å². The summed E-state index contributed by atoms with van der Waals surface area (Å²) in [6, 6.07) is 9.02. The van der Waals surface area contributed by atoms with E-state index in [1.54, 1.807) is 4.90 Å². The van der Waals surface area contributed by atoms with Gasteiger partial charge in [-0.2, -0.15) is 0 Å². The number of nitrogens with one attached hydrogen (secondary N) is 1. The van der Waals surface area contributed by atoms with Crippen LogP contribution in [-0.2, 0) is 9.59 Å². The second-order valence-electron chi connectivity index (χ2n) is 6.40. The predicted octanol–water partition coefficient (Wildman–Crippen LogP) is 2.24. The van der Waals surface area contributed by atoms with Crippen molar-refractivity contribution in [3.63, 3.8) is 0 Å². The lowest BCUT2D eigenvalue weighted by Gasteiger charge is -2.17. The third-order valence-electron chi connectivity index (χ3n) is 4.36. The predicted molar refractivity (Wildman–Crippen MR) is 92.3 cm³/mol. The van der Waals surface area contributed by atoms with Crippen LogP contribution in [-0.4, -0.2) is 42.5 Å². The van der Waals surface area contributed by atoms with Crippen LogP contribution < -0.4 is 10.1 Å². The van der Waals surface area contributed by atoms with E-state index in [9.17, 15) is 14.0 Å². The van der Waals surface area contributed by atoms with Gasteiger partial charge in [-0.3, -0.25) is 9.59 Å². The molecule has 2 aromatic rings. The molecular formula is C19H21FN2O4. The summed E-state index contributed by atoms with van der Waals surface area (Å²) in [6.45, 7) is 3.97. The largest absolute Gasteiger partial charge is 0.484 e. The molecule has 0 aliphatic carbocycles. The molecule has 2 amide bonds. The van der Waals surface area contributed by atoms with E-state index in [0.29, 0.717) is 18.8 Å². The van der Waals surface area contributed by atoms with Gasteiger partial charge in [-0.25, -0.2) is 4.39 Å². The molecule has 0 spiro atoms. The Morgan fingerprint density at radius 1 is 1.23 bits per heavy atom. The minimum atomic E-state index is -0.363. The summed E-state index contributed by atoms with van der Waals surface area (Å²) in [7, 11) is 0. The zero-order chi connectivity index (χ0) is 18.7. The number of likely N-dealkylation sites (tertiary alicyclic amines) is 1. The lowest BCUT2D eigenvalue weighted by Crippen LogP contribution is -2.40. The zero-order valence-electron chi connectivity index (χ0n) is 14.7. The van der Waals surface area contributed by atoms with E-state index in [1.165, 1.54) is 31.2 Å². The van der Waals surface area contributed by atoms with E-state index in [0.717, 1.165) is 11.5 Å². The topological polar surface area (TPSA) is 71.8 Å². The molecular weight excluding hydrogens is 339 g/mol. The summed E-state index contributed by atoms with van der Waals surface area (Å²) >= 11 is 0. The first-order valence-electron chi connectivity index (χ1n) is 8.42. The summed E-state index contributed by atoms with van der Waals surface area (Å²) in [5, 5.41) is 2.89. The number of benzene rings is 1. The lowest BCUT2D eigenvalue weighted by molar-refractivity contribution is -0.132. The summed E-state index contributed by atoms with van der Waals surface area (Å²) in [5.74, 6) is 1.13. The Morgan fingerprint density at radius 3 is 2.58 bits per heavy atom. The first-order chi connectivity index (χ1) is 12.4.